The number of ketones is 1. The van der Waals surface area contributed by atoms with Crippen LogP contribution in [0.1, 0.15) is 65.5 Å². The lowest BCUT2D eigenvalue weighted by Crippen LogP contribution is -2.50. The number of esters is 2. The third-order valence-corrected chi connectivity index (χ3v) is 5.06. The Bertz CT molecular complexity index is 1070. The van der Waals surface area contributed by atoms with Gasteiger partial charge in [0.1, 0.15) is 12.1 Å². The van der Waals surface area contributed by atoms with Crippen molar-refractivity contribution in [2.75, 3.05) is 19.7 Å². The van der Waals surface area contributed by atoms with E-state index in [2.05, 4.69) is 21.3 Å². The third-order valence-electron chi connectivity index (χ3n) is 5.06. The number of amides is 4. The third kappa shape index (κ3) is 13.0. The Labute approximate surface area is 233 Å². The number of benzene rings is 1. The van der Waals surface area contributed by atoms with Crippen molar-refractivity contribution in [3.63, 3.8) is 0 Å². The molecule has 0 spiro atoms. The lowest BCUT2D eigenvalue weighted by atomic mass is 10.1. The molecule has 1 aromatic carbocycles. The van der Waals surface area contributed by atoms with Gasteiger partial charge < -0.3 is 30.7 Å². The standard InChI is InChI=1S/C27H38N4O9/c1-6-11-18(30-21(34)16-39-22(35)15-28-19(32)7-2)24(36)25(37)29-14-20(33)31-23(17-12-9-8-10-13-17)26(38)40-27(3,4)5/h8-10,12-13,18,23H,6-7,11,14-16H2,1-5H3,(H,28,32)(H,29,37)(H,30,34)(H,31,33). The first-order chi connectivity index (χ1) is 18.8. The zero-order valence-corrected chi connectivity index (χ0v) is 23.5. The molecule has 0 aliphatic rings. The van der Waals surface area contributed by atoms with E-state index in [4.69, 9.17) is 9.47 Å². The van der Waals surface area contributed by atoms with Gasteiger partial charge in [0.25, 0.3) is 11.8 Å². The van der Waals surface area contributed by atoms with Gasteiger partial charge in [-0.3, -0.25) is 28.8 Å². The van der Waals surface area contributed by atoms with Crippen LogP contribution in [0.25, 0.3) is 0 Å². The van der Waals surface area contributed by atoms with Gasteiger partial charge in [0, 0.05) is 6.42 Å². The molecule has 13 heteroatoms. The first-order valence-corrected chi connectivity index (χ1v) is 12.9. The van der Waals surface area contributed by atoms with E-state index < -0.39 is 72.8 Å². The second kappa shape index (κ2) is 16.6. The summed E-state index contributed by atoms with van der Waals surface area (Å²) in [6.45, 7) is 6.63. The van der Waals surface area contributed by atoms with Crippen LogP contribution in [0.3, 0.4) is 0 Å². The van der Waals surface area contributed by atoms with Crippen molar-refractivity contribution < 1.29 is 43.0 Å². The lowest BCUT2D eigenvalue weighted by Gasteiger charge is -2.25. The molecule has 0 saturated heterocycles. The fourth-order valence-electron chi connectivity index (χ4n) is 3.19. The van der Waals surface area contributed by atoms with Crippen LogP contribution in [-0.2, 0) is 43.0 Å². The molecule has 4 amide bonds. The topological polar surface area (TPSA) is 186 Å². The van der Waals surface area contributed by atoms with Gasteiger partial charge in [-0.2, -0.15) is 0 Å². The summed E-state index contributed by atoms with van der Waals surface area (Å²) >= 11 is 0. The van der Waals surface area contributed by atoms with Crippen molar-refractivity contribution in [2.45, 2.75) is 71.6 Å². The van der Waals surface area contributed by atoms with E-state index in [9.17, 15) is 33.6 Å². The smallest absolute Gasteiger partial charge is 0.333 e. The van der Waals surface area contributed by atoms with Crippen molar-refractivity contribution in [2.24, 2.45) is 0 Å². The number of Topliss-reactive ketones (excluding diaryl/α,β-unsaturated/α-hetero) is 1. The van der Waals surface area contributed by atoms with E-state index in [0.717, 1.165) is 0 Å². The van der Waals surface area contributed by atoms with Crippen LogP contribution in [0.5, 0.6) is 0 Å². The second-order valence-corrected chi connectivity index (χ2v) is 9.69. The van der Waals surface area contributed by atoms with E-state index >= 15 is 0 Å². The molecule has 0 fully saturated rings. The van der Waals surface area contributed by atoms with Crippen LogP contribution in [0.4, 0.5) is 0 Å². The average molecular weight is 563 g/mol. The zero-order valence-electron chi connectivity index (χ0n) is 23.5. The highest BCUT2D eigenvalue weighted by Crippen LogP contribution is 2.18. The Morgan fingerprint density at radius 3 is 2.05 bits per heavy atom. The Kier molecular flexibility index (Phi) is 14.0. The molecule has 0 heterocycles. The highest BCUT2D eigenvalue weighted by atomic mass is 16.6. The van der Waals surface area contributed by atoms with E-state index in [-0.39, 0.29) is 18.7 Å². The first-order valence-electron chi connectivity index (χ1n) is 12.9. The lowest BCUT2D eigenvalue weighted by molar-refractivity contribution is -0.158. The van der Waals surface area contributed by atoms with Gasteiger partial charge in [-0.25, -0.2) is 4.79 Å². The van der Waals surface area contributed by atoms with Gasteiger partial charge >= 0.3 is 11.9 Å². The average Bonchev–Trinajstić information content (AvgIpc) is 2.90. The number of carbonyl (C=O) groups is 7. The molecule has 40 heavy (non-hydrogen) atoms. The number of ether oxygens (including phenoxy) is 2. The fraction of sp³-hybridized carbons (Fsp3) is 0.519. The largest absolute Gasteiger partial charge is 0.458 e. The van der Waals surface area contributed by atoms with Crippen LogP contribution in [0.2, 0.25) is 0 Å². The molecule has 2 unspecified atom stereocenters. The van der Waals surface area contributed by atoms with Gasteiger partial charge in [-0.1, -0.05) is 50.6 Å². The Hall–Kier alpha value is -4.29. The summed E-state index contributed by atoms with van der Waals surface area (Å²) in [5.41, 5.74) is -0.344. The predicted octanol–water partition coefficient (Wildman–Crippen LogP) is 0.225. The number of hydrogen-bond donors (Lipinski definition) is 4. The zero-order chi connectivity index (χ0) is 30.3. The minimum Gasteiger partial charge on any atom is -0.458 e. The summed E-state index contributed by atoms with van der Waals surface area (Å²) in [5.74, 6) is -5.62. The molecular formula is C27H38N4O9. The summed E-state index contributed by atoms with van der Waals surface area (Å²) in [5, 5.41) is 9.32. The van der Waals surface area contributed by atoms with Crippen molar-refractivity contribution >= 4 is 41.4 Å². The number of hydrogen-bond acceptors (Lipinski definition) is 9. The summed E-state index contributed by atoms with van der Waals surface area (Å²) in [6.07, 6.45) is 0.719. The van der Waals surface area contributed by atoms with Crippen LogP contribution in [-0.4, -0.2) is 72.7 Å². The van der Waals surface area contributed by atoms with Gasteiger partial charge in [0.05, 0.1) is 12.6 Å². The fourth-order valence-corrected chi connectivity index (χ4v) is 3.19. The highest BCUT2D eigenvalue weighted by Gasteiger charge is 2.30. The minimum absolute atomic E-state index is 0.111. The van der Waals surface area contributed by atoms with Gasteiger partial charge in [-0.05, 0) is 32.8 Å². The summed E-state index contributed by atoms with van der Waals surface area (Å²) in [7, 11) is 0. The molecule has 2 atom stereocenters. The highest BCUT2D eigenvalue weighted by molar-refractivity contribution is 6.38. The second-order valence-electron chi connectivity index (χ2n) is 9.69. The maximum absolute atomic E-state index is 12.7. The quantitative estimate of drug-likeness (QED) is 0.171. The van der Waals surface area contributed by atoms with Gasteiger partial charge in [-0.15, -0.1) is 0 Å². The molecule has 1 rings (SSSR count). The molecule has 1 aromatic rings. The monoisotopic (exact) mass is 562 g/mol. The molecule has 0 radical (unpaired) electrons. The summed E-state index contributed by atoms with van der Waals surface area (Å²) < 4.78 is 10.1. The van der Waals surface area contributed by atoms with Crippen LogP contribution in [0.15, 0.2) is 30.3 Å². The van der Waals surface area contributed by atoms with Crippen molar-refractivity contribution in [1.82, 2.24) is 21.3 Å². The minimum atomic E-state index is -1.22. The summed E-state index contributed by atoms with van der Waals surface area (Å²) in [6, 6.07) is 6.01. The Balaban J connectivity index is 2.70. The molecule has 220 valence electrons. The van der Waals surface area contributed by atoms with Gasteiger partial charge in [0.2, 0.25) is 17.6 Å². The van der Waals surface area contributed by atoms with E-state index in [1.165, 1.54) is 0 Å². The molecule has 0 aliphatic heterocycles. The number of rotatable bonds is 15. The Morgan fingerprint density at radius 2 is 1.48 bits per heavy atom. The molecule has 0 aromatic heterocycles. The number of nitrogens with one attached hydrogen (secondary N) is 4. The van der Waals surface area contributed by atoms with E-state index in [1.54, 1.807) is 65.0 Å². The molecule has 4 N–H and O–H groups in total. The SMILES string of the molecule is CCCC(NC(=O)COC(=O)CNC(=O)CC)C(=O)C(=O)NCC(=O)NC(C(=O)OC(C)(C)C)c1ccccc1. The van der Waals surface area contributed by atoms with Crippen molar-refractivity contribution in [3.8, 4) is 0 Å². The summed E-state index contributed by atoms with van der Waals surface area (Å²) in [4.78, 5) is 85.4. The maximum Gasteiger partial charge on any atom is 0.333 e. The van der Waals surface area contributed by atoms with Crippen molar-refractivity contribution in [3.05, 3.63) is 35.9 Å². The Morgan fingerprint density at radius 1 is 0.825 bits per heavy atom. The molecule has 0 saturated carbocycles. The van der Waals surface area contributed by atoms with Crippen LogP contribution < -0.4 is 21.3 Å². The molecule has 13 nitrogen and oxygen atoms in total. The number of carbonyl (C=O) groups excluding carboxylic acids is 7. The van der Waals surface area contributed by atoms with Crippen LogP contribution in [0, 0.1) is 0 Å². The molecule has 0 bridgehead atoms. The predicted molar refractivity (Wildman–Crippen MR) is 142 cm³/mol. The van der Waals surface area contributed by atoms with E-state index in [1.807, 2.05) is 0 Å². The van der Waals surface area contributed by atoms with Crippen molar-refractivity contribution in [1.29, 1.82) is 0 Å². The normalized spacial score (nSPS) is 12.2. The van der Waals surface area contributed by atoms with Crippen LogP contribution >= 0.6 is 0 Å². The first kappa shape index (κ1) is 33.7. The molecule has 0 aliphatic carbocycles. The van der Waals surface area contributed by atoms with Gasteiger partial charge in [0.15, 0.2) is 12.6 Å². The molecular weight excluding hydrogens is 524 g/mol. The van der Waals surface area contributed by atoms with E-state index in [0.29, 0.717) is 12.0 Å². The maximum atomic E-state index is 12.7.